The number of hydrogen-bond acceptors (Lipinski definition) is 4. The first-order chi connectivity index (χ1) is 12.1. The van der Waals surface area contributed by atoms with E-state index < -0.39 is 0 Å². The van der Waals surface area contributed by atoms with E-state index in [1.165, 1.54) is 0 Å². The van der Waals surface area contributed by atoms with Crippen LogP contribution in [-0.2, 0) is 9.59 Å². The number of benzene rings is 1. The number of rotatable bonds is 5. The molecule has 2 saturated heterocycles. The number of halogens is 1. The van der Waals surface area contributed by atoms with Gasteiger partial charge in [-0.15, -0.1) is 12.4 Å². The van der Waals surface area contributed by atoms with Gasteiger partial charge in [0.25, 0.3) is 0 Å². The Kier molecular flexibility index (Phi) is 7.29. The van der Waals surface area contributed by atoms with Gasteiger partial charge in [0.05, 0.1) is 18.2 Å². The smallest absolute Gasteiger partial charge is 0.228 e. The molecule has 7 heteroatoms. The van der Waals surface area contributed by atoms with Crippen molar-refractivity contribution in [2.75, 3.05) is 38.2 Å². The van der Waals surface area contributed by atoms with Gasteiger partial charge in [0.2, 0.25) is 11.8 Å². The third-order valence-corrected chi connectivity index (χ3v) is 5.07. The maximum Gasteiger partial charge on any atom is 0.228 e. The average Bonchev–Trinajstić information content (AvgIpc) is 3.03. The van der Waals surface area contributed by atoms with Crippen LogP contribution >= 0.6 is 12.4 Å². The average molecular weight is 382 g/mol. The van der Waals surface area contributed by atoms with Crippen molar-refractivity contribution in [2.45, 2.75) is 32.2 Å². The zero-order valence-electron chi connectivity index (χ0n) is 15.4. The third-order valence-electron chi connectivity index (χ3n) is 5.07. The molecule has 2 fully saturated rings. The van der Waals surface area contributed by atoms with E-state index in [0.29, 0.717) is 24.9 Å². The fraction of sp³-hybridized carbons (Fsp3) is 0.579. The van der Waals surface area contributed by atoms with Crippen LogP contribution in [0.1, 0.15) is 26.2 Å². The van der Waals surface area contributed by atoms with Gasteiger partial charge in [0, 0.05) is 32.1 Å². The number of carbonyl (C=O) groups excluding carboxylic acids is 2. The molecule has 0 bridgehead atoms. The van der Waals surface area contributed by atoms with Crippen molar-refractivity contribution in [3.63, 3.8) is 0 Å². The minimum absolute atomic E-state index is 0. The second-order valence-electron chi connectivity index (χ2n) is 6.72. The van der Waals surface area contributed by atoms with E-state index in [1.807, 2.05) is 43.1 Å². The Bertz CT molecular complexity index is 640. The fourth-order valence-corrected chi connectivity index (χ4v) is 3.73. The molecule has 26 heavy (non-hydrogen) atoms. The van der Waals surface area contributed by atoms with E-state index in [4.69, 9.17) is 4.74 Å². The second-order valence-corrected chi connectivity index (χ2v) is 6.72. The highest BCUT2D eigenvalue weighted by atomic mass is 35.5. The Labute approximate surface area is 161 Å². The van der Waals surface area contributed by atoms with Crippen molar-refractivity contribution in [1.29, 1.82) is 0 Å². The Hall–Kier alpha value is -1.79. The van der Waals surface area contributed by atoms with Gasteiger partial charge in [-0.25, -0.2) is 0 Å². The summed E-state index contributed by atoms with van der Waals surface area (Å²) in [4.78, 5) is 29.0. The lowest BCUT2D eigenvalue weighted by Crippen LogP contribution is -2.49. The minimum Gasteiger partial charge on any atom is -0.492 e. The summed E-state index contributed by atoms with van der Waals surface area (Å²) in [6.07, 6.45) is 2.38. The molecule has 0 aromatic heterocycles. The van der Waals surface area contributed by atoms with Gasteiger partial charge in [-0.1, -0.05) is 12.1 Å². The lowest BCUT2D eigenvalue weighted by molar-refractivity contribution is -0.137. The van der Waals surface area contributed by atoms with E-state index in [1.54, 1.807) is 4.90 Å². The second kappa shape index (κ2) is 9.24. The molecule has 1 aromatic carbocycles. The number of carbonyl (C=O) groups is 2. The van der Waals surface area contributed by atoms with Crippen molar-refractivity contribution >= 4 is 29.9 Å². The number of likely N-dealkylation sites (N-methyl/N-ethyl adjacent to an activating group) is 1. The van der Waals surface area contributed by atoms with Crippen LogP contribution in [0.3, 0.4) is 0 Å². The van der Waals surface area contributed by atoms with Crippen molar-refractivity contribution < 1.29 is 14.3 Å². The standard InChI is InChI=1S/C19H27N3O3.ClH/c1-3-25-17-9-5-4-8-16(17)22-12-14(11-18(22)23)19(24)21-10-6-7-15(13-21)20-2;/h4-5,8-9,14-15,20H,3,6-7,10-13H2,1-2H3;1H. The van der Waals surface area contributed by atoms with Crippen LogP contribution in [0.4, 0.5) is 5.69 Å². The quantitative estimate of drug-likeness (QED) is 0.848. The van der Waals surface area contributed by atoms with Gasteiger partial charge in [-0.3, -0.25) is 9.59 Å². The van der Waals surface area contributed by atoms with E-state index in [9.17, 15) is 9.59 Å². The Balaban J connectivity index is 0.00000243. The molecule has 0 saturated carbocycles. The van der Waals surface area contributed by atoms with Gasteiger partial charge in [-0.05, 0) is 38.9 Å². The normalized spacial score (nSPS) is 22.9. The highest BCUT2D eigenvalue weighted by molar-refractivity contribution is 6.01. The van der Waals surface area contributed by atoms with Crippen molar-refractivity contribution in [1.82, 2.24) is 10.2 Å². The molecule has 1 aromatic rings. The zero-order chi connectivity index (χ0) is 17.8. The molecule has 2 aliphatic rings. The summed E-state index contributed by atoms with van der Waals surface area (Å²) in [7, 11) is 1.93. The molecule has 144 valence electrons. The first kappa shape index (κ1) is 20.5. The van der Waals surface area contributed by atoms with Gasteiger partial charge in [0.1, 0.15) is 5.75 Å². The summed E-state index contributed by atoms with van der Waals surface area (Å²) in [5, 5.41) is 3.26. The van der Waals surface area contributed by atoms with Gasteiger partial charge in [-0.2, -0.15) is 0 Å². The summed E-state index contributed by atoms with van der Waals surface area (Å²) in [6.45, 7) is 4.42. The Morgan fingerprint density at radius 2 is 2.08 bits per heavy atom. The molecule has 2 unspecified atom stereocenters. The maximum atomic E-state index is 12.9. The molecule has 2 aliphatic heterocycles. The number of nitrogens with zero attached hydrogens (tertiary/aromatic N) is 2. The van der Waals surface area contributed by atoms with E-state index in [-0.39, 0.29) is 36.6 Å². The van der Waals surface area contributed by atoms with Crippen LogP contribution in [0.5, 0.6) is 5.75 Å². The van der Waals surface area contributed by atoms with Crippen LogP contribution in [-0.4, -0.2) is 56.0 Å². The van der Waals surface area contributed by atoms with E-state index in [0.717, 1.165) is 31.6 Å². The molecule has 2 atom stereocenters. The largest absolute Gasteiger partial charge is 0.492 e. The van der Waals surface area contributed by atoms with Gasteiger partial charge in [0.15, 0.2) is 0 Å². The summed E-state index contributed by atoms with van der Waals surface area (Å²) in [6, 6.07) is 7.88. The lowest BCUT2D eigenvalue weighted by Gasteiger charge is -2.34. The Morgan fingerprint density at radius 3 is 2.81 bits per heavy atom. The molecule has 0 aliphatic carbocycles. The molecule has 3 rings (SSSR count). The van der Waals surface area contributed by atoms with Gasteiger partial charge < -0.3 is 19.9 Å². The molecule has 0 spiro atoms. The highest BCUT2D eigenvalue weighted by Crippen LogP contribution is 2.33. The van der Waals surface area contributed by atoms with Crippen molar-refractivity contribution in [3.05, 3.63) is 24.3 Å². The predicted octanol–water partition coefficient (Wildman–Crippen LogP) is 2.07. The van der Waals surface area contributed by atoms with Crippen molar-refractivity contribution in [2.24, 2.45) is 5.92 Å². The molecule has 2 amide bonds. The fourth-order valence-electron chi connectivity index (χ4n) is 3.73. The van der Waals surface area contributed by atoms with Crippen LogP contribution in [0.15, 0.2) is 24.3 Å². The highest BCUT2D eigenvalue weighted by Gasteiger charge is 2.39. The molecular formula is C19H28ClN3O3. The van der Waals surface area contributed by atoms with Crippen LogP contribution in [0, 0.1) is 5.92 Å². The van der Waals surface area contributed by atoms with E-state index >= 15 is 0 Å². The van der Waals surface area contributed by atoms with Crippen LogP contribution in [0.2, 0.25) is 0 Å². The number of para-hydroxylation sites is 2. The molecule has 6 nitrogen and oxygen atoms in total. The topological polar surface area (TPSA) is 61.9 Å². The summed E-state index contributed by atoms with van der Waals surface area (Å²) >= 11 is 0. The molecular weight excluding hydrogens is 354 g/mol. The Morgan fingerprint density at radius 1 is 1.31 bits per heavy atom. The molecule has 2 heterocycles. The summed E-state index contributed by atoms with van der Waals surface area (Å²) in [5.74, 6) is 0.523. The molecule has 1 N–H and O–H groups in total. The van der Waals surface area contributed by atoms with Crippen LogP contribution < -0.4 is 15.0 Å². The third kappa shape index (κ3) is 4.30. The monoisotopic (exact) mass is 381 g/mol. The first-order valence-electron chi connectivity index (χ1n) is 9.12. The zero-order valence-corrected chi connectivity index (χ0v) is 16.3. The SMILES string of the molecule is CCOc1ccccc1N1CC(C(=O)N2CCCC(NC)C2)CC1=O.Cl. The van der Waals surface area contributed by atoms with Crippen LogP contribution in [0.25, 0.3) is 0 Å². The molecule has 0 radical (unpaired) electrons. The summed E-state index contributed by atoms with van der Waals surface area (Å²) < 4.78 is 5.64. The summed E-state index contributed by atoms with van der Waals surface area (Å²) in [5.41, 5.74) is 0.761. The number of amides is 2. The van der Waals surface area contributed by atoms with Crippen molar-refractivity contribution in [3.8, 4) is 5.75 Å². The van der Waals surface area contributed by atoms with Gasteiger partial charge >= 0.3 is 0 Å². The first-order valence-corrected chi connectivity index (χ1v) is 9.12. The van der Waals surface area contributed by atoms with E-state index in [2.05, 4.69) is 5.32 Å². The number of likely N-dealkylation sites (tertiary alicyclic amines) is 1. The maximum absolute atomic E-state index is 12.9. The number of piperidine rings is 1. The predicted molar refractivity (Wildman–Crippen MR) is 104 cm³/mol. The number of hydrogen-bond donors (Lipinski definition) is 1. The minimum atomic E-state index is -0.266. The lowest BCUT2D eigenvalue weighted by atomic mass is 10.0. The number of ether oxygens (including phenoxy) is 1. The number of anilines is 1. The number of nitrogens with one attached hydrogen (secondary N) is 1.